The smallest absolute Gasteiger partial charge is 0.0735 e. The first-order valence-corrected chi connectivity index (χ1v) is 4.91. The first kappa shape index (κ1) is 9.19. The van der Waals surface area contributed by atoms with E-state index in [-0.39, 0.29) is 6.04 Å². The van der Waals surface area contributed by atoms with E-state index in [9.17, 15) is 0 Å². The van der Waals surface area contributed by atoms with Crippen LogP contribution in [0.25, 0.3) is 0 Å². The van der Waals surface area contributed by atoms with Gasteiger partial charge in [0.2, 0.25) is 0 Å². The van der Waals surface area contributed by atoms with Crippen molar-refractivity contribution in [1.82, 2.24) is 0 Å². The van der Waals surface area contributed by atoms with Crippen LogP contribution < -0.4 is 5.73 Å². The van der Waals surface area contributed by atoms with Crippen LogP contribution in [0, 0.1) is 5.92 Å². The van der Waals surface area contributed by atoms with Gasteiger partial charge in [0, 0.05) is 12.0 Å². The molecule has 3 heteroatoms. The van der Waals surface area contributed by atoms with Gasteiger partial charge in [-0.3, -0.25) is 0 Å². The third kappa shape index (κ3) is 1.77. The maximum Gasteiger partial charge on any atom is 0.0735 e. The SMILES string of the molecule is C=CCOCC1CC2OC1CC2N. The zero-order chi connectivity index (χ0) is 9.26. The third-order valence-corrected chi connectivity index (χ3v) is 2.96. The molecule has 2 heterocycles. The predicted molar refractivity (Wildman–Crippen MR) is 50.4 cm³/mol. The molecule has 0 aromatic heterocycles. The van der Waals surface area contributed by atoms with Gasteiger partial charge in [0.05, 0.1) is 25.4 Å². The topological polar surface area (TPSA) is 44.5 Å². The molecule has 0 aromatic rings. The second-order valence-corrected chi connectivity index (χ2v) is 3.93. The van der Waals surface area contributed by atoms with Gasteiger partial charge in [-0.25, -0.2) is 0 Å². The van der Waals surface area contributed by atoms with Gasteiger partial charge < -0.3 is 15.2 Å². The van der Waals surface area contributed by atoms with Crippen molar-refractivity contribution in [3.8, 4) is 0 Å². The molecule has 0 spiro atoms. The van der Waals surface area contributed by atoms with Crippen molar-refractivity contribution in [3.05, 3.63) is 12.7 Å². The molecule has 3 nitrogen and oxygen atoms in total. The minimum absolute atomic E-state index is 0.264. The van der Waals surface area contributed by atoms with Crippen molar-refractivity contribution in [1.29, 1.82) is 0 Å². The van der Waals surface area contributed by atoms with Gasteiger partial charge in [0.25, 0.3) is 0 Å². The van der Waals surface area contributed by atoms with E-state index in [1.54, 1.807) is 6.08 Å². The van der Waals surface area contributed by atoms with Crippen LogP contribution in [0.15, 0.2) is 12.7 Å². The minimum atomic E-state index is 0.264. The Morgan fingerprint density at radius 3 is 2.85 bits per heavy atom. The molecule has 4 unspecified atom stereocenters. The number of hydrogen-bond acceptors (Lipinski definition) is 3. The van der Waals surface area contributed by atoms with E-state index < -0.39 is 0 Å². The van der Waals surface area contributed by atoms with Gasteiger partial charge in [-0.05, 0) is 12.8 Å². The fourth-order valence-electron chi connectivity index (χ4n) is 2.26. The molecule has 2 fully saturated rings. The van der Waals surface area contributed by atoms with Gasteiger partial charge in [-0.1, -0.05) is 6.08 Å². The molecule has 2 aliphatic rings. The summed E-state index contributed by atoms with van der Waals surface area (Å²) in [4.78, 5) is 0. The monoisotopic (exact) mass is 183 g/mol. The molecule has 13 heavy (non-hydrogen) atoms. The van der Waals surface area contributed by atoms with Crippen LogP contribution >= 0.6 is 0 Å². The first-order chi connectivity index (χ1) is 6.31. The molecule has 2 aliphatic heterocycles. The van der Waals surface area contributed by atoms with Crippen LogP contribution in [0.2, 0.25) is 0 Å². The van der Waals surface area contributed by atoms with Gasteiger partial charge in [0.15, 0.2) is 0 Å². The highest BCUT2D eigenvalue weighted by Gasteiger charge is 2.45. The molecular formula is C10H17NO2. The van der Waals surface area contributed by atoms with Gasteiger partial charge in [0.1, 0.15) is 0 Å². The van der Waals surface area contributed by atoms with Crippen molar-refractivity contribution in [2.45, 2.75) is 31.1 Å². The zero-order valence-electron chi connectivity index (χ0n) is 7.82. The van der Waals surface area contributed by atoms with Gasteiger partial charge in [-0.2, -0.15) is 0 Å². The highest BCUT2D eigenvalue weighted by molar-refractivity contribution is 4.97. The summed E-state index contributed by atoms with van der Waals surface area (Å²) in [5, 5.41) is 0. The highest BCUT2D eigenvalue weighted by Crippen LogP contribution is 2.38. The molecule has 2 rings (SSSR count). The summed E-state index contributed by atoms with van der Waals surface area (Å²) in [7, 11) is 0. The van der Waals surface area contributed by atoms with Crippen LogP contribution in [0.3, 0.4) is 0 Å². The normalized spacial score (nSPS) is 42.5. The minimum Gasteiger partial charge on any atom is -0.377 e. The van der Waals surface area contributed by atoms with E-state index >= 15 is 0 Å². The molecule has 0 radical (unpaired) electrons. The Hall–Kier alpha value is -0.380. The number of nitrogens with two attached hydrogens (primary N) is 1. The van der Waals surface area contributed by atoms with E-state index in [1.165, 1.54) is 0 Å². The average Bonchev–Trinajstić information content (AvgIpc) is 2.63. The molecule has 2 bridgehead atoms. The molecular weight excluding hydrogens is 166 g/mol. The highest BCUT2D eigenvalue weighted by atomic mass is 16.5. The Labute approximate surface area is 78.9 Å². The molecule has 4 atom stereocenters. The maximum absolute atomic E-state index is 5.85. The lowest BCUT2D eigenvalue weighted by molar-refractivity contribution is 0.0598. The summed E-state index contributed by atoms with van der Waals surface area (Å²) in [6.45, 7) is 5.04. The van der Waals surface area contributed by atoms with Gasteiger partial charge >= 0.3 is 0 Å². The lowest BCUT2D eigenvalue weighted by Gasteiger charge is -2.21. The van der Waals surface area contributed by atoms with Crippen molar-refractivity contribution in [2.75, 3.05) is 13.2 Å². The molecule has 0 aliphatic carbocycles. The standard InChI is InChI=1S/C10H17NO2/c1-2-3-12-6-7-4-10-8(11)5-9(7)13-10/h2,7-10H,1,3-6,11H2. The van der Waals surface area contributed by atoms with E-state index in [4.69, 9.17) is 15.2 Å². The van der Waals surface area contributed by atoms with Crippen LogP contribution in [0.5, 0.6) is 0 Å². The summed E-state index contributed by atoms with van der Waals surface area (Å²) in [5.74, 6) is 0.560. The largest absolute Gasteiger partial charge is 0.377 e. The van der Waals surface area contributed by atoms with Crippen LogP contribution in [-0.2, 0) is 9.47 Å². The van der Waals surface area contributed by atoms with E-state index in [2.05, 4.69) is 6.58 Å². The van der Waals surface area contributed by atoms with E-state index in [1.807, 2.05) is 0 Å². The first-order valence-electron chi connectivity index (χ1n) is 4.91. The van der Waals surface area contributed by atoms with Crippen LogP contribution in [0.1, 0.15) is 12.8 Å². The molecule has 0 amide bonds. The van der Waals surface area contributed by atoms with Crippen LogP contribution in [0.4, 0.5) is 0 Å². The Kier molecular flexibility index (Phi) is 2.67. The zero-order valence-corrected chi connectivity index (χ0v) is 7.82. The number of ether oxygens (including phenoxy) is 2. The second-order valence-electron chi connectivity index (χ2n) is 3.93. The average molecular weight is 183 g/mol. The van der Waals surface area contributed by atoms with Crippen molar-refractivity contribution in [3.63, 3.8) is 0 Å². The lowest BCUT2D eigenvalue weighted by atomic mass is 9.87. The Morgan fingerprint density at radius 1 is 1.46 bits per heavy atom. The molecule has 0 saturated carbocycles. The van der Waals surface area contributed by atoms with Crippen LogP contribution in [-0.4, -0.2) is 31.5 Å². The Balaban J connectivity index is 1.75. The van der Waals surface area contributed by atoms with E-state index in [0.29, 0.717) is 24.7 Å². The lowest BCUT2D eigenvalue weighted by Crippen LogP contribution is -2.35. The van der Waals surface area contributed by atoms with Crippen molar-refractivity contribution in [2.24, 2.45) is 11.7 Å². The third-order valence-electron chi connectivity index (χ3n) is 2.96. The van der Waals surface area contributed by atoms with Crippen molar-refractivity contribution < 1.29 is 9.47 Å². The summed E-state index contributed by atoms with van der Waals surface area (Å²) >= 11 is 0. The predicted octanol–water partition coefficient (Wildman–Crippen LogP) is 0.694. The summed E-state index contributed by atoms with van der Waals surface area (Å²) in [6.07, 6.45) is 4.50. The summed E-state index contributed by atoms with van der Waals surface area (Å²) < 4.78 is 11.1. The van der Waals surface area contributed by atoms with E-state index in [0.717, 1.165) is 19.4 Å². The molecule has 2 saturated heterocycles. The fourth-order valence-corrected chi connectivity index (χ4v) is 2.26. The van der Waals surface area contributed by atoms with Crippen molar-refractivity contribution >= 4 is 0 Å². The quantitative estimate of drug-likeness (QED) is 0.515. The maximum atomic E-state index is 5.85. The Bertz CT molecular complexity index is 193. The second kappa shape index (κ2) is 3.78. The molecule has 2 N–H and O–H groups in total. The summed E-state index contributed by atoms with van der Waals surface area (Å²) in [5.41, 5.74) is 5.85. The molecule has 74 valence electrons. The number of fused-ring (bicyclic) bond motifs is 2. The fraction of sp³-hybridized carbons (Fsp3) is 0.800. The van der Waals surface area contributed by atoms with Gasteiger partial charge in [-0.15, -0.1) is 6.58 Å². The molecule has 0 aromatic carbocycles. The summed E-state index contributed by atoms with van der Waals surface area (Å²) in [6, 6.07) is 0.264. The number of hydrogen-bond donors (Lipinski definition) is 1. The Morgan fingerprint density at radius 2 is 2.31 bits per heavy atom. The number of rotatable bonds is 4.